The Morgan fingerprint density at radius 1 is 1.03 bits per heavy atom. The quantitative estimate of drug-likeness (QED) is 0.253. The number of hydrogen-bond donors (Lipinski definition) is 3. The number of para-hydroxylation sites is 1. The van der Waals surface area contributed by atoms with Gasteiger partial charge in [0.05, 0.1) is 22.9 Å². The number of hydrogen-bond acceptors (Lipinski definition) is 4. The van der Waals surface area contributed by atoms with Gasteiger partial charge in [0.25, 0.3) is 5.91 Å². The van der Waals surface area contributed by atoms with Crippen molar-refractivity contribution in [2.75, 3.05) is 11.9 Å². The van der Waals surface area contributed by atoms with Crippen molar-refractivity contribution in [3.63, 3.8) is 0 Å². The molecule has 1 aliphatic carbocycles. The Balaban J connectivity index is 1.44. The molecule has 1 aliphatic heterocycles. The van der Waals surface area contributed by atoms with E-state index in [1.807, 2.05) is 54.6 Å². The Labute approximate surface area is 194 Å². The number of benzene rings is 3. The van der Waals surface area contributed by atoms with Gasteiger partial charge in [-0.1, -0.05) is 54.1 Å². The van der Waals surface area contributed by atoms with Crippen LogP contribution in [0.15, 0.2) is 71.1 Å². The topological polar surface area (TPSA) is 82.7 Å². The molecule has 1 fully saturated rings. The summed E-state index contributed by atoms with van der Waals surface area (Å²) in [5.74, 6) is -0.399. The van der Waals surface area contributed by atoms with E-state index in [1.165, 1.54) is 0 Å². The molecule has 0 unspecified atom stereocenters. The maximum absolute atomic E-state index is 12.8. The summed E-state index contributed by atoms with van der Waals surface area (Å²) in [4.78, 5) is 12.8. The Morgan fingerprint density at radius 3 is 2.48 bits per heavy atom. The molecule has 0 atom stereocenters. The van der Waals surface area contributed by atoms with Gasteiger partial charge in [-0.15, -0.1) is 0 Å². The molecule has 5 nitrogen and oxygen atoms in total. The van der Waals surface area contributed by atoms with E-state index < -0.39 is 5.91 Å². The molecule has 2 heterocycles. The van der Waals surface area contributed by atoms with Crippen molar-refractivity contribution in [3.05, 3.63) is 88.6 Å². The summed E-state index contributed by atoms with van der Waals surface area (Å²) in [6.07, 6.45) is 1.98. The smallest absolute Gasteiger partial charge is 0.260 e. The van der Waals surface area contributed by atoms with Gasteiger partial charge < -0.3 is 19.9 Å². The first-order valence-corrected chi connectivity index (χ1v) is 11.2. The molecule has 0 saturated heterocycles. The highest BCUT2D eigenvalue weighted by Gasteiger charge is 2.43. The van der Waals surface area contributed by atoms with E-state index >= 15 is 0 Å². The summed E-state index contributed by atoms with van der Waals surface area (Å²) in [5, 5.41) is 24.8. The standard InChI is InChI=1S/C27H20ClNO4/c28-20-13-21-19(12-18(20)15-5-7-17(8-6-15)27(14-30)9-10-27)24(26(32)29-21)25(31)23-11-16-3-1-2-4-22(16)33-23/h1-8,11-13,30-31H,9-10,14H2,(H,29,32)/b25-24-. The lowest BCUT2D eigenvalue weighted by Gasteiger charge is -2.14. The highest BCUT2D eigenvalue weighted by molar-refractivity contribution is 6.38. The van der Waals surface area contributed by atoms with Crippen LogP contribution < -0.4 is 5.32 Å². The summed E-state index contributed by atoms with van der Waals surface area (Å²) in [5.41, 5.74) is 4.54. The number of nitrogens with one attached hydrogen (secondary N) is 1. The third-order valence-electron chi connectivity index (χ3n) is 6.71. The normalized spacial score (nSPS) is 17.7. The Hall–Kier alpha value is -3.54. The average Bonchev–Trinajstić information content (AvgIpc) is 3.40. The van der Waals surface area contributed by atoms with E-state index in [4.69, 9.17) is 16.0 Å². The number of fused-ring (bicyclic) bond motifs is 2. The molecule has 6 rings (SSSR count). The van der Waals surface area contributed by atoms with E-state index in [-0.39, 0.29) is 29.1 Å². The van der Waals surface area contributed by atoms with Gasteiger partial charge in [0.2, 0.25) is 0 Å². The first-order chi connectivity index (χ1) is 16.0. The van der Waals surface area contributed by atoms with Crippen LogP contribution in [-0.2, 0) is 10.2 Å². The minimum Gasteiger partial charge on any atom is -0.504 e. The van der Waals surface area contributed by atoms with Crippen molar-refractivity contribution in [2.45, 2.75) is 18.3 Å². The predicted molar refractivity (Wildman–Crippen MR) is 129 cm³/mol. The first kappa shape index (κ1) is 20.1. The van der Waals surface area contributed by atoms with E-state index in [0.717, 1.165) is 34.9 Å². The van der Waals surface area contributed by atoms with E-state index in [1.54, 1.807) is 12.1 Å². The molecule has 1 amide bonds. The fourth-order valence-corrected chi connectivity index (χ4v) is 4.83. The fourth-order valence-electron chi connectivity index (χ4n) is 4.56. The molecule has 3 aromatic carbocycles. The third kappa shape index (κ3) is 3.16. The fraction of sp³-hybridized carbons (Fsp3) is 0.148. The summed E-state index contributed by atoms with van der Waals surface area (Å²) in [7, 11) is 0. The number of furan rings is 1. The molecular formula is C27H20ClNO4. The van der Waals surface area contributed by atoms with Crippen LogP contribution in [0.25, 0.3) is 33.4 Å². The number of carbonyl (C=O) groups excluding carboxylic acids is 1. The molecule has 3 N–H and O–H groups in total. The predicted octanol–water partition coefficient (Wildman–Crippen LogP) is 6.16. The highest BCUT2D eigenvalue weighted by atomic mass is 35.5. The van der Waals surface area contributed by atoms with Crippen LogP contribution in [0.1, 0.15) is 29.7 Å². The van der Waals surface area contributed by atoms with Crippen LogP contribution in [0.2, 0.25) is 5.02 Å². The largest absolute Gasteiger partial charge is 0.504 e. The Morgan fingerprint density at radius 2 is 1.79 bits per heavy atom. The van der Waals surface area contributed by atoms with Gasteiger partial charge in [0.15, 0.2) is 11.5 Å². The van der Waals surface area contributed by atoms with Crippen molar-refractivity contribution in [2.24, 2.45) is 0 Å². The van der Waals surface area contributed by atoms with Gasteiger partial charge in [-0.2, -0.15) is 0 Å². The van der Waals surface area contributed by atoms with Crippen molar-refractivity contribution in [1.29, 1.82) is 0 Å². The molecular weight excluding hydrogens is 438 g/mol. The number of aliphatic hydroxyl groups is 2. The average molecular weight is 458 g/mol. The maximum atomic E-state index is 12.8. The second-order valence-corrected chi connectivity index (χ2v) is 9.13. The molecule has 1 saturated carbocycles. The Bertz CT molecular complexity index is 1430. The van der Waals surface area contributed by atoms with Crippen molar-refractivity contribution >= 4 is 45.5 Å². The van der Waals surface area contributed by atoms with E-state index in [0.29, 0.717) is 21.9 Å². The summed E-state index contributed by atoms with van der Waals surface area (Å²) >= 11 is 6.57. The minimum atomic E-state index is -0.412. The van der Waals surface area contributed by atoms with Crippen LogP contribution >= 0.6 is 11.6 Å². The monoisotopic (exact) mass is 457 g/mol. The lowest BCUT2D eigenvalue weighted by atomic mass is 9.93. The van der Waals surface area contributed by atoms with Gasteiger partial charge in [0.1, 0.15) is 5.58 Å². The van der Waals surface area contributed by atoms with Gasteiger partial charge in [-0.05, 0) is 48.2 Å². The molecule has 33 heavy (non-hydrogen) atoms. The number of aliphatic hydroxyl groups excluding tert-OH is 2. The zero-order valence-corrected chi connectivity index (χ0v) is 18.3. The van der Waals surface area contributed by atoms with Crippen molar-refractivity contribution < 1.29 is 19.4 Å². The van der Waals surface area contributed by atoms with Crippen LogP contribution in [-0.4, -0.2) is 22.7 Å². The second kappa shape index (κ2) is 7.24. The number of halogens is 1. The van der Waals surface area contributed by atoms with E-state index in [2.05, 4.69) is 5.32 Å². The third-order valence-corrected chi connectivity index (χ3v) is 7.02. The van der Waals surface area contributed by atoms with Crippen molar-refractivity contribution in [3.8, 4) is 11.1 Å². The van der Waals surface area contributed by atoms with Gasteiger partial charge in [-0.25, -0.2) is 0 Å². The molecule has 2 aliphatic rings. The summed E-state index contributed by atoms with van der Waals surface area (Å²) in [6, 6.07) is 20.7. The number of rotatable bonds is 4. The number of amides is 1. The van der Waals surface area contributed by atoms with E-state index in [9.17, 15) is 15.0 Å². The molecule has 164 valence electrons. The number of anilines is 1. The van der Waals surface area contributed by atoms with Crippen molar-refractivity contribution in [1.82, 2.24) is 0 Å². The molecule has 1 aromatic heterocycles. The zero-order valence-electron chi connectivity index (χ0n) is 17.6. The molecule has 0 radical (unpaired) electrons. The lowest BCUT2D eigenvalue weighted by Crippen LogP contribution is -2.11. The first-order valence-electron chi connectivity index (χ1n) is 10.8. The minimum absolute atomic E-state index is 0.106. The summed E-state index contributed by atoms with van der Waals surface area (Å²) in [6.45, 7) is 0.148. The van der Waals surface area contributed by atoms with Gasteiger partial charge in [0, 0.05) is 21.9 Å². The summed E-state index contributed by atoms with van der Waals surface area (Å²) < 4.78 is 5.77. The molecule has 0 bridgehead atoms. The van der Waals surface area contributed by atoms with Gasteiger partial charge >= 0.3 is 0 Å². The second-order valence-electron chi connectivity index (χ2n) is 8.72. The lowest BCUT2D eigenvalue weighted by molar-refractivity contribution is -0.110. The maximum Gasteiger partial charge on any atom is 0.260 e. The van der Waals surface area contributed by atoms with Crippen LogP contribution in [0.4, 0.5) is 5.69 Å². The SMILES string of the molecule is O=C1Nc2cc(Cl)c(-c3ccc(C4(CO)CC4)cc3)cc2/C1=C(/O)c1cc2ccccc2o1. The van der Waals surface area contributed by atoms with Crippen LogP contribution in [0.5, 0.6) is 0 Å². The van der Waals surface area contributed by atoms with Crippen LogP contribution in [0, 0.1) is 0 Å². The van der Waals surface area contributed by atoms with Gasteiger partial charge in [-0.3, -0.25) is 4.79 Å². The number of carbonyl (C=O) groups is 1. The molecule has 0 spiro atoms. The highest BCUT2D eigenvalue weighted by Crippen LogP contribution is 2.48. The molecule has 6 heteroatoms. The Kier molecular flexibility index (Phi) is 4.41. The molecule has 4 aromatic rings. The van der Waals surface area contributed by atoms with Crippen LogP contribution in [0.3, 0.4) is 0 Å². The zero-order chi connectivity index (χ0) is 22.7.